The van der Waals surface area contributed by atoms with E-state index < -0.39 is 0 Å². The zero-order chi connectivity index (χ0) is 14.3. The highest BCUT2D eigenvalue weighted by Gasteiger charge is 2.18. The molecule has 0 aromatic carbocycles. The third-order valence-corrected chi connectivity index (χ3v) is 3.83. The predicted octanol–water partition coefficient (Wildman–Crippen LogP) is 3.62. The van der Waals surface area contributed by atoms with Crippen molar-refractivity contribution >= 4 is 28.2 Å². The molecule has 0 saturated carbocycles. The van der Waals surface area contributed by atoms with Crippen molar-refractivity contribution < 1.29 is 14.3 Å². The summed E-state index contributed by atoms with van der Waals surface area (Å²) in [5.74, 6) is -0.416. The van der Waals surface area contributed by atoms with Gasteiger partial charge in [0, 0.05) is 11.3 Å². The fourth-order valence-electron chi connectivity index (χ4n) is 1.60. The molecule has 1 aromatic heterocycles. The molecule has 1 amide bonds. The lowest BCUT2D eigenvalue weighted by Crippen LogP contribution is -2.13. The summed E-state index contributed by atoms with van der Waals surface area (Å²) in [4.78, 5) is 24.6. The number of amides is 1. The molecule has 0 fully saturated rings. The summed E-state index contributed by atoms with van der Waals surface area (Å²) in [6.07, 6.45) is 3.15. The Morgan fingerprint density at radius 2 is 2.05 bits per heavy atom. The van der Waals surface area contributed by atoms with Crippen molar-refractivity contribution in [1.82, 2.24) is 0 Å². The topological polar surface area (TPSA) is 55.4 Å². The van der Waals surface area contributed by atoms with E-state index in [1.807, 2.05) is 13.8 Å². The molecule has 0 aliphatic rings. The van der Waals surface area contributed by atoms with Crippen LogP contribution < -0.4 is 5.32 Å². The molecule has 0 aliphatic heterocycles. The number of nitrogens with one attached hydrogen (secondary N) is 1. The van der Waals surface area contributed by atoms with Gasteiger partial charge in [-0.15, -0.1) is 11.3 Å². The molecular weight excluding hydrogens is 262 g/mol. The standard InChI is InChI=1S/C14H21NO3S/c1-4-7-8-12(16)15-13-11(14(17)18-6-3)9-10(5-2)19-13/h9H,4-8H2,1-3H3,(H,15,16). The molecule has 19 heavy (non-hydrogen) atoms. The minimum atomic E-state index is -0.371. The van der Waals surface area contributed by atoms with E-state index in [-0.39, 0.29) is 11.9 Å². The number of carbonyl (C=O) groups excluding carboxylic acids is 2. The first-order valence-corrected chi connectivity index (χ1v) is 7.53. The van der Waals surface area contributed by atoms with Gasteiger partial charge in [-0.1, -0.05) is 20.3 Å². The lowest BCUT2D eigenvalue weighted by Gasteiger charge is -2.05. The number of unbranched alkanes of at least 4 members (excludes halogenated alkanes) is 1. The first-order valence-electron chi connectivity index (χ1n) is 6.72. The summed E-state index contributed by atoms with van der Waals surface area (Å²) in [5.41, 5.74) is 0.466. The number of rotatable bonds is 7. The maximum Gasteiger partial charge on any atom is 0.341 e. The molecule has 1 rings (SSSR count). The molecule has 0 aliphatic carbocycles. The van der Waals surface area contributed by atoms with Crippen LogP contribution in [0.15, 0.2) is 6.07 Å². The minimum absolute atomic E-state index is 0.0445. The first-order chi connectivity index (χ1) is 9.12. The molecule has 5 heteroatoms. The van der Waals surface area contributed by atoms with Crippen LogP contribution in [-0.2, 0) is 16.0 Å². The largest absolute Gasteiger partial charge is 0.462 e. The van der Waals surface area contributed by atoms with Crippen LogP contribution in [0.25, 0.3) is 0 Å². The van der Waals surface area contributed by atoms with Crippen LogP contribution in [0.1, 0.15) is 55.3 Å². The Morgan fingerprint density at radius 1 is 1.32 bits per heavy atom. The number of ether oxygens (including phenoxy) is 1. The second kappa shape index (κ2) is 7.94. The molecule has 0 radical (unpaired) electrons. The average molecular weight is 283 g/mol. The van der Waals surface area contributed by atoms with Crippen LogP contribution in [0.5, 0.6) is 0 Å². The number of thiophene rings is 1. The van der Waals surface area contributed by atoms with Gasteiger partial charge in [0.1, 0.15) is 5.00 Å². The van der Waals surface area contributed by atoms with Crippen molar-refractivity contribution in [2.75, 3.05) is 11.9 Å². The Bertz CT molecular complexity index is 440. The smallest absolute Gasteiger partial charge is 0.341 e. The Hall–Kier alpha value is -1.36. The highest BCUT2D eigenvalue weighted by atomic mass is 32.1. The first kappa shape index (κ1) is 15.7. The molecule has 0 spiro atoms. The molecule has 0 saturated heterocycles. The lowest BCUT2D eigenvalue weighted by molar-refractivity contribution is -0.116. The molecule has 0 atom stereocenters. The minimum Gasteiger partial charge on any atom is -0.462 e. The van der Waals surface area contributed by atoms with Crippen molar-refractivity contribution in [3.63, 3.8) is 0 Å². The number of hydrogen-bond donors (Lipinski definition) is 1. The van der Waals surface area contributed by atoms with Gasteiger partial charge < -0.3 is 10.1 Å². The van der Waals surface area contributed by atoms with Gasteiger partial charge in [0.05, 0.1) is 12.2 Å². The van der Waals surface area contributed by atoms with Crippen LogP contribution in [0, 0.1) is 0 Å². The third-order valence-electron chi connectivity index (χ3n) is 2.64. The predicted molar refractivity (Wildman–Crippen MR) is 77.8 cm³/mol. The number of carbonyl (C=O) groups is 2. The zero-order valence-electron chi connectivity index (χ0n) is 11.7. The summed E-state index contributed by atoms with van der Waals surface area (Å²) < 4.78 is 5.01. The van der Waals surface area contributed by atoms with Gasteiger partial charge in [-0.25, -0.2) is 4.79 Å². The molecule has 106 valence electrons. The summed E-state index contributed by atoms with van der Waals surface area (Å²) in [5, 5.41) is 3.43. The van der Waals surface area contributed by atoms with E-state index >= 15 is 0 Å². The number of hydrogen-bond acceptors (Lipinski definition) is 4. The molecule has 1 aromatic rings. The highest BCUT2D eigenvalue weighted by molar-refractivity contribution is 7.16. The van der Waals surface area contributed by atoms with E-state index in [0.29, 0.717) is 23.6 Å². The van der Waals surface area contributed by atoms with Gasteiger partial charge in [-0.3, -0.25) is 4.79 Å². The Kier molecular flexibility index (Phi) is 6.56. The lowest BCUT2D eigenvalue weighted by atomic mass is 10.2. The van der Waals surface area contributed by atoms with Gasteiger partial charge in [-0.05, 0) is 25.8 Å². The fraction of sp³-hybridized carbons (Fsp3) is 0.571. The summed E-state index contributed by atoms with van der Waals surface area (Å²) >= 11 is 1.44. The molecule has 0 bridgehead atoms. The van der Waals surface area contributed by atoms with Crippen molar-refractivity contribution in [2.45, 2.75) is 46.5 Å². The molecule has 0 unspecified atom stereocenters. The maximum atomic E-state index is 11.8. The van der Waals surface area contributed by atoms with E-state index in [2.05, 4.69) is 5.32 Å². The van der Waals surface area contributed by atoms with E-state index in [1.165, 1.54) is 11.3 Å². The van der Waals surface area contributed by atoms with Crippen LogP contribution in [0.4, 0.5) is 5.00 Å². The summed E-state index contributed by atoms with van der Waals surface area (Å²) in [6, 6.07) is 1.80. The number of aryl methyl sites for hydroxylation is 1. The van der Waals surface area contributed by atoms with Crippen LogP contribution >= 0.6 is 11.3 Å². The molecular formula is C14H21NO3S. The van der Waals surface area contributed by atoms with Gasteiger partial charge >= 0.3 is 5.97 Å². The second-order valence-electron chi connectivity index (χ2n) is 4.18. The molecule has 1 heterocycles. The quantitative estimate of drug-likeness (QED) is 0.778. The summed E-state index contributed by atoms with van der Waals surface area (Å²) in [6.45, 7) is 6.16. The normalized spacial score (nSPS) is 10.3. The second-order valence-corrected chi connectivity index (χ2v) is 5.32. The SMILES string of the molecule is CCCCC(=O)Nc1sc(CC)cc1C(=O)OCC. The van der Waals surface area contributed by atoms with Gasteiger partial charge in [0.25, 0.3) is 0 Å². The van der Waals surface area contributed by atoms with E-state index in [9.17, 15) is 9.59 Å². The van der Waals surface area contributed by atoms with E-state index in [0.717, 1.165) is 24.1 Å². The molecule has 4 nitrogen and oxygen atoms in total. The van der Waals surface area contributed by atoms with Crippen molar-refractivity contribution in [2.24, 2.45) is 0 Å². The monoisotopic (exact) mass is 283 g/mol. The van der Waals surface area contributed by atoms with Crippen LogP contribution in [0.2, 0.25) is 0 Å². The van der Waals surface area contributed by atoms with Crippen LogP contribution in [-0.4, -0.2) is 18.5 Å². The number of anilines is 1. The van der Waals surface area contributed by atoms with E-state index in [4.69, 9.17) is 4.74 Å². The van der Waals surface area contributed by atoms with Gasteiger partial charge in [0.2, 0.25) is 5.91 Å². The zero-order valence-corrected chi connectivity index (χ0v) is 12.6. The third kappa shape index (κ3) is 4.67. The fourth-order valence-corrected chi connectivity index (χ4v) is 2.60. The highest BCUT2D eigenvalue weighted by Crippen LogP contribution is 2.29. The maximum absolute atomic E-state index is 11.8. The van der Waals surface area contributed by atoms with Crippen molar-refractivity contribution in [3.8, 4) is 0 Å². The van der Waals surface area contributed by atoms with Crippen LogP contribution in [0.3, 0.4) is 0 Å². The van der Waals surface area contributed by atoms with Crippen molar-refractivity contribution in [1.29, 1.82) is 0 Å². The number of esters is 1. The van der Waals surface area contributed by atoms with E-state index in [1.54, 1.807) is 13.0 Å². The Morgan fingerprint density at radius 3 is 2.63 bits per heavy atom. The average Bonchev–Trinajstić information content (AvgIpc) is 2.79. The summed E-state index contributed by atoms with van der Waals surface area (Å²) in [7, 11) is 0. The van der Waals surface area contributed by atoms with Crippen molar-refractivity contribution in [3.05, 3.63) is 16.5 Å². The van der Waals surface area contributed by atoms with Gasteiger partial charge in [-0.2, -0.15) is 0 Å². The molecule has 1 N–H and O–H groups in total. The Labute approximate surface area is 118 Å². The van der Waals surface area contributed by atoms with Gasteiger partial charge in [0.15, 0.2) is 0 Å². The Balaban J connectivity index is 2.82.